The van der Waals surface area contributed by atoms with Crippen molar-refractivity contribution in [1.82, 2.24) is 0 Å². The molecule has 1 N–H and O–H groups in total. The van der Waals surface area contributed by atoms with E-state index in [1.54, 1.807) is 30.3 Å². The van der Waals surface area contributed by atoms with Crippen molar-refractivity contribution >= 4 is 28.9 Å². The first-order chi connectivity index (χ1) is 15.0. The Hall–Kier alpha value is -4.41. The van der Waals surface area contributed by atoms with Crippen LogP contribution in [0.5, 0.6) is 0 Å². The van der Waals surface area contributed by atoms with Gasteiger partial charge in [0.25, 0.3) is 0 Å². The minimum Gasteiger partial charge on any atom is -0.478 e. The van der Waals surface area contributed by atoms with Crippen LogP contribution in [0, 0.1) is 17.9 Å². The summed E-state index contributed by atoms with van der Waals surface area (Å²) in [5.74, 6) is -0.991. The number of nitrogens with zero attached hydrogens (tertiary/aromatic N) is 2. The summed E-state index contributed by atoms with van der Waals surface area (Å²) in [4.78, 5) is 14.4. The predicted molar refractivity (Wildman–Crippen MR) is 123 cm³/mol. The highest BCUT2D eigenvalue weighted by Gasteiger charge is 2.13. The molecule has 0 saturated heterocycles. The molecule has 0 radical (unpaired) electrons. The van der Waals surface area contributed by atoms with E-state index in [9.17, 15) is 4.79 Å². The summed E-state index contributed by atoms with van der Waals surface area (Å²) in [5.41, 5.74) is 7.00. The summed E-state index contributed by atoms with van der Waals surface area (Å²) in [6.45, 7) is 9.29. The molecule has 150 valence electrons. The molecule has 0 bridgehead atoms. The lowest BCUT2D eigenvalue weighted by Crippen LogP contribution is -1.96. The van der Waals surface area contributed by atoms with Gasteiger partial charge in [-0.25, -0.2) is 9.64 Å². The van der Waals surface area contributed by atoms with Gasteiger partial charge in [0.05, 0.1) is 18.2 Å². The van der Waals surface area contributed by atoms with E-state index in [1.807, 2.05) is 48.5 Å². The minimum atomic E-state index is -0.991. The summed E-state index contributed by atoms with van der Waals surface area (Å²) in [7, 11) is 0. The van der Waals surface area contributed by atoms with Gasteiger partial charge in [0.2, 0.25) is 0 Å². The molecule has 0 aliphatic heterocycles. The van der Waals surface area contributed by atoms with E-state index >= 15 is 0 Å². The van der Waals surface area contributed by atoms with Crippen molar-refractivity contribution in [2.75, 3.05) is 0 Å². The van der Waals surface area contributed by atoms with Crippen molar-refractivity contribution < 1.29 is 9.90 Å². The average Bonchev–Trinajstić information content (AvgIpc) is 2.81. The van der Waals surface area contributed by atoms with Gasteiger partial charge >= 0.3 is 5.97 Å². The normalized spacial score (nSPS) is 11.5. The molecule has 0 aromatic heterocycles. The number of hydrogen-bond acceptors (Lipinski definition) is 2. The third kappa shape index (κ3) is 5.15. The Morgan fingerprint density at radius 1 is 1.03 bits per heavy atom. The van der Waals surface area contributed by atoms with Crippen LogP contribution in [0.3, 0.4) is 0 Å². The van der Waals surface area contributed by atoms with E-state index in [0.717, 1.165) is 45.9 Å². The molecule has 0 unspecified atom stereocenters. The summed E-state index contributed by atoms with van der Waals surface area (Å²) in [6, 6.07) is 24.8. The molecule has 4 heteroatoms. The molecule has 0 saturated carbocycles. The molecule has 0 amide bonds. The first-order valence-corrected chi connectivity index (χ1v) is 9.78. The van der Waals surface area contributed by atoms with Crippen LogP contribution in [0.1, 0.15) is 41.2 Å². The maximum absolute atomic E-state index is 10.9. The Labute approximate surface area is 181 Å². The number of nitriles is 1. The Balaban J connectivity index is 2.23. The third-order valence-corrected chi connectivity index (χ3v) is 4.90. The largest absolute Gasteiger partial charge is 0.478 e. The number of allylic oxidation sites excluding steroid dienone is 1. The number of hydrogen-bond donors (Lipinski definition) is 1. The van der Waals surface area contributed by atoms with Gasteiger partial charge in [-0.3, -0.25) is 0 Å². The summed E-state index contributed by atoms with van der Waals surface area (Å²) >= 11 is 0. The van der Waals surface area contributed by atoms with E-state index in [4.69, 9.17) is 16.9 Å². The Morgan fingerprint density at radius 2 is 1.68 bits per heavy atom. The van der Waals surface area contributed by atoms with E-state index in [-0.39, 0.29) is 0 Å². The maximum Gasteiger partial charge on any atom is 0.328 e. The molecule has 0 aliphatic rings. The van der Waals surface area contributed by atoms with Gasteiger partial charge in [-0.05, 0) is 64.1 Å². The second kappa shape index (κ2) is 9.87. The van der Waals surface area contributed by atoms with Crippen LogP contribution in [-0.2, 0) is 4.79 Å². The minimum absolute atomic E-state index is 0.571. The fourth-order valence-corrected chi connectivity index (χ4v) is 3.45. The van der Waals surface area contributed by atoms with E-state index in [2.05, 4.69) is 17.8 Å². The zero-order valence-corrected chi connectivity index (χ0v) is 17.0. The van der Waals surface area contributed by atoms with Crippen molar-refractivity contribution in [3.63, 3.8) is 0 Å². The molecule has 3 rings (SSSR count). The van der Waals surface area contributed by atoms with Gasteiger partial charge in [0.15, 0.2) is 5.69 Å². The highest BCUT2D eigenvalue weighted by Crippen LogP contribution is 2.35. The monoisotopic (exact) mass is 404 g/mol. The van der Waals surface area contributed by atoms with Crippen molar-refractivity contribution in [2.45, 2.75) is 13.3 Å². The number of aliphatic carboxylic acids is 1. The SMILES string of the molecule is [C-]#[N+]c1ccc(/C(=C(/CC)c2cccc(/C=C/C(=O)O)c2)c2ccc(C#N)cc2)cc1. The fraction of sp³-hybridized carbons (Fsp3) is 0.0741. The van der Waals surface area contributed by atoms with Crippen LogP contribution in [0.2, 0.25) is 0 Å². The molecule has 0 fully saturated rings. The summed E-state index contributed by atoms with van der Waals surface area (Å²) in [5, 5.41) is 18.1. The van der Waals surface area contributed by atoms with Gasteiger partial charge in [0, 0.05) is 6.08 Å². The molecular formula is C27H20N2O2. The van der Waals surface area contributed by atoms with Crippen LogP contribution in [0.15, 0.2) is 78.9 Å². The van der Waals surface area contributed by atoms with Gasteiger partial charge < -0.3 is 5.11 Å². The number of carbonyl (C=O) groups is 1. The lowest BCUT2D eigenvalue weighted by atomic mass is 9.87. The highest BCUT2D eigenvalue weighted by atomic mass is 16.4. The first kappa shape index (κ1) is 21.3. The lowest BCUT2D eigenvalue weighted by molar-refractivity contribution is -0.131. The van der Waals surface area contributed by atoms with Gasteiger partial charge in [-0.15, -0.1) is 0 Å². The van der Waals surface area contributed by atoms with E-state index in [1.165, 1.54) is 0 Å². The fourth-order valence-electron chi connectivity index (χ4n) is 3.45. The molecule has 0 aliphatic carbocycles. The topological polar surface area (TPSA) is 65.4 Å². The van der Waals surface area contributed by atoms with E-state index in [0.29, 0.717) is 11.3 Å². The highest BCUT2D eigenvalue weighted by molar-refractivity contribution is 5.99. The Morgan fingerprint density at radius 3 is 2.23 bits per heavy atom. The van der Waals surface area contributed by atoms with Gasteiger partial charge in [0.1, 0.15) is 0 Å². The number of rotatable bonds is 6. The van der Waals surface area contributed by atoms with Crippen LogP contribution in [0.25, 0.3) is 22.1 Å². The molecule has 3 aromatic rings. The maximum atomic E-state index is 10.9. The molecule has 4 nitrogen and oxygen atoms in total. The van der Waals surface area contributed by atoms with Gasteiger partial charge in [-0.2, -0.15) is 5.26 Å². The Kier molecular flexibility index (Phi) is 6.78. The second-order valence-corrected chi connectivity index (χ2v) is 6.85. The predicted octanol–water partition coefficient (Wildman–Crippen LogP) is 6.58. The average molecular weight is 404 g/mol. The van der Waals surface area contributed by atoms with Crippen LogP contribution < -0.4 is 0 Å². The first-order valence-electron chi connectivity index (χ1n) is 9.78. The molecule has 0 spiro atoms. The smallest absolute Gasteiger partial charge is 0.328 e. The molecule has 3 aromatic carbocycles. The van der Waals surface area contributed by atoms with Crippen molar-refractivity contribution in [1.29, 1.82) is 5.26 Å². The van der Waals surface area contributed by atoms with Crippen LogP contribution in [0.4, 0.5) is 5.69 Å². The summed E-state index contributed by atoms with van der Waals surface area (Å²) in [6.07, 6.45) is 3.44. The molecular weight excluding hydrogens is 384 g/mol. The Bertz CT molecular complexity index is 1180. The van der Waals surface area contributed by atoms with Crippen LogP contribution >= 0.6 is 0 Å². The standard InChI is InChI=1S/C27H20N2O2/c1-3-25(23-6-4-5-19(17-23)9-16-26(30)31)27(21-10-7-20(18-28)8-11-21)22-12-14-24(29-2)15-13-22/h4-17H,3H2,1H3,(H,30,31)/b16-9+,27-25-. The molecule has 0 heterocycles. The molecule has 31 heavy (non-hydrogen) atoms. The quantitative estimate of drug-likeness (QED) is 0.287. The zero-order valence-electron chi connectivity index (χ0n) is 17.0. The zero-order chi connectivity index (χ0) is 22.2. The number of carboxylic acid groups (broad SMARTS) is 1. The van der Waals surface area contributed by atoms with Crippen molar-refractivity contribution in [3.8, 4) is 6.07 Å². The van der Waals surface area contributed by atoms with Crippen molar-refractivity contribution in [3.05, 3.63) is 118 Å². The third-order valence-electron chi connectivity index (χ3n) is 4.90. The van der Waals surface area contributed by atoms with Crippen molar-refractivity contribution in [2.24, 2.45) is 0 Å². The summed E-state index contributed by atoms with van der Waals surface area (Å²) < 4.78 is 0. The van der Waals surface area contributed by atoms with Gasteiger partial charge in [-0.1, -0.05) is 61.5 Å². The molecule has 0 atom stereocenters. The lowest BCUT2D eigenvalue weighted by Gasteiger charge is -2.17. The van der Waals surface area contributed by atoms with E-state index < -0.39 is 5.97 Å². The number of carboxylic acids is 1. The number of benzene rings is 3. The second-order valence-electron chi connectivity index (χ2n) is 6.85. The van der Waals surface area contributed by atoms with Crippen LogP contribution in [-0.4, -0.2) is 11.1 Å².